The smallest absolute Gasteiger partial charge is 0.268 e. The van der Waals surface area contributed by atoms with Crippen LogP contribution >= 0.6 is 23.2 Å². The van der Waals surface area contributed by atoms with Crippen LogP contribution < -0.4 is 10.3 Å². The Hall–Kier alpha value is -2.45. The maximum atomic E-state index is 11.9. The first-order valence-corrected chi connectivity index (χ1v) is 8.02. The lowest BCUT2D eigenvalue weighted by Gasteiger charge is -2.18. The summed E-state index contributed by atoms with van der Waals surface area (Å²) in [6.45, 7) is 5.75. The third-order valence-electron chi connectivity index (χ3n) is 3.40. The molecule has 25 heavy (non-hydrogen) atoms. The van der Waals surface area contributed by atoms with E-state index in [1.165, 1.54) is 0 Å². The lowest BCUT2D eigenvalue weighted by atomic mass is 9.88. The Morgan fingerprint density at radius 1 is 1.08 bits per heavy atom. The summed E-state index contributed by atoms with van der Waals surface area (Å²) >= 11 is 12.5. The van der Waals surface area contributed by atoms with Gasteiger partial charge in [-0.05, 0) is 22.8 Å². The molecule has 130 valence electrons. The van der Waals surface area contributed by atoms with E-state index in [2.05, 4.69) is 30.8 Å². The number of nitrogens with one attached hydrogen (secondary N) is 2. The molecule has 0 aliphatic carbocycles. The van der Waals surface area contributed by atoms with E-state index < -0.39 is 0 Å². The molecule has 0 radical (unpaired) electrons. The van der Waals surface area contributed by atoms with Gasteiger partial charge in [-0.3, -0.25) is 4.79 Å². The first-order valence-electron chi connectivity index (χ1n) is 7.26. The molecule has 10 heteroatoms. The molecule has 2 N–H and O–H groups in total. The van der Waals surface area contributed by atoms with Crippen LogP contribution in [0, 0.1) is 0 Å². The second kappa shape index (κ2) is 6.45. The van der Waals surface area contributed by atoms with Crippen LogP contribution in [-0.4, -0.2) is 30.8 Å². The number of nitrogens with zero attached hydrogens (tertiary/aromatic N) is 4. The molecule has 0 amide bonds. The molecule has 3 rings (SSSR count). The van der Waals surface area contributed by atoms with E-state index in [4.69, 9.17) is 27.9 Å². The van der Waals surface area contributed by atoms with Crippen molar-refractivity contribution in [2.75, 3.05) is 0 Å². The highest BCUT2D eigenvalue weighted by atomic mass is 35.5. The van der Waals surface area contributed by atoms with Crippen LogP contribution in [0.25, 0.3) is 11.4 Å². The first kappa shape index (κ1) is 17.4. The van der Waals surface area contributed by atoms with Crippen molar-refractivity contribution in [2.45, 2.75) is 26.2 Å². The minimum Gasteiger partial charge on any atom is -0.434 e. The summed E-state index contributed by atoms with van der Waals surface area (Å²) in [5.41, 5.74) is 0.476. The highest BCUT2D eigenvalue weighted by molar-refractivity contribution is 6.37. The number of aromatic amines is 2. The van der Waals surface area contributed by atoms with Gasteiger partial charge in [-0.1, -0.05) is 44.0 Å². The number of aromatic nitrogens is 6. The van der Waals surface area contributed by atoms with Crippen LogP contribution in [0.3, 0.4) is 0 Å². The van der Waals surface area contributed by atoms with Crippen molar-refractivity contribution in [3.63, 3.8) is 0 Å². The Labute approximate surface area is 152 Å². The van der Waals surface area contributed by atoms with Gasteiger partial charge < -0.3 is 4.74 Å². The largest absolute Gasteiger partial charge is 0.434 e. The molecule has 8 nitrogen and oxygen atoms in total. The van der Waals surface area contributed by atoms with Gasteiger partial charge in [-0.25, -0.2) is 5.10 Å². The van der Waals surface area contributed by atoms with Gasteiger partial charge in [0.1, 0.15) is 0 Å². The van der Waals surface area contributed by atoms with Gasteiger partial charge in [0.15, 0.2) is 5.75 Å². The number of rotatable bonds is 3. The van der Waals surface area contributed by atoms with Crippen molar-refractivity contribution in [3.05, 3.63) is 44.2 Å². The predicted molar refractivity (Wildman–Crippen MR) is 93.3 cm³/mol. The molecule has 0 aliphatic heterocycles. The Kier molecular flexibility index (Phi) is 4.49. The van der Waals surface area contributed by atoms with Crippen molar-refractivity contribution in [2.24, 2.45) is 0 Å². The van der Waals surface area contributed by atoms with E-state index in [1.807, 2.05) is 20.8 Å². The van der Waals surface area contributed by atoms with E-state index >= 15 is 0 Å². The van der Waals surface area contributed by atoms with Crippen molar-refractivity contribution in [3.8, 4) is 23.0 Å². The van der Waals surface area contributed by atoms with Gasteiger partial charge in [-0.2, -0.15) is 5.21 Å². The first-order chi connectivity index (χ1) is 11.8. The van der Waals surface area contributed by atoms with Crippen molar-refractivity contribution in [1.29, 1.82) is 0 Å². The molecule has 2 heterocycles. The number of halogens is 2. The molecule has 0 unspecified atom stereocenters. The predicted octanol–water partition coefficient (Wildman–Crippen LogP) is 3.35. The monoisotopic (exact) mass is 380 g/mol. The van der Waals surface area contributed by atoms with Gasteiger partial charge in [-0.15, -0.1) is 15.3 Å². The van der Waals surface area contributed by atoms with E-state index in [-0.39, 0.29) is 32.6 Å². The Morgan fingerprint density at radius 3 is 2.32 bits per heavy atom. The maximum absolute atomic E-state index is 11.9. The third kappa shape index (κ3) is 3.64. The average molecular weight is 381 g/mol. The molecule has 0 atom stereocenters. The van der Waals surface area contributed by atoms with Gasteiger partial charge in [0, 0.05) is 17.2 Å². The molecule has 0 fully saturated rings. The molecule has 3 aromatic rings. The van der Waals surface area contributed by atoms with Crippen molar-refractivity contribution in [1.82, 2.24) is 30.8 Å². The normalized spacial score (nSPS) is 11.6. The molecular weight excluding hydrogens is 367 g/mol. The Bertz CT molecular complexity index is 940. The highest BCUT2D eigenvalue weighted by Crippen LogP contribution is 2.39. The minimum absolute atomic E-state index is 0.181. The fourth-order valence-electron chi connectivity index (χ4n) is 2.17. The Balaban J connectivity index is 1.98. The molecule has 0 bridgehead atoms. The molecule has 0 saturated carbocycles. The van der Waals surface area contributed by atoms with Crippen LogP contribution in [0.5, 0.6) is 11.6 Å². The molecule has 1 aromatic carbocycles. The summed E-state index contributed by atoms with van der Waals surface area (Å²) in [6.07, 6.45) is 0. The highest BCUT2D eigenvalue weighted by Gasteiger charge is 2.20. The van der Waals surface area contributed by atoms with E-state index in [1.54, 1.807) is 18.2 Å². The van der Waals surface area contributed by atoms with Gasteiger partial charge >= 0.3 is 0 Å². The zero-order valence-corrected chi connectivity index (χ0v) is 15.1. The van der Waals surface area contributed by atoms with Crippen LogP contribution in [0.2, 0.25) is 10.0 Å². The average Bonchev–Trinajstić information content (AvgIpc) is 3.05. The number of ether oxygens (including phenoxy) is 1. The quantitative estimate of drug-likeness (QED) is 0.720. The SMILES string of the molecule is CC(C)(C)c1cc(Oc2c(Cl)cc(-c3nn[nH]n3)cc2Cl)n[nH]c1=O. The summed E-state index contributed by atoms with van der Waals surface area (Å²) in [7, 11) is 0. The number of hydrogen-bond donors (Lipinski definition) is 2. The fraction of sp³-hybridized carbons (Fsp3) is 0.267. The van der Waals surface area contributed by atoms with Crippen molar-refractivity contribution < 1.29 is 4.74 Å². The minimum atomic E-state index is -0.370. The topological polar surface area (TPSA) is 109 Å². The van der Waals surface area contributed by atoms with Gasteiger partial charge in [0.25, 0.3) is 5.56 Å². The lowest BCUT2D eigenvalue weighted by molar-refractivity contribution is 0.448. The summed E-state index contributed by atoms with van der Waals surface area (Å²) in [5.74, 6) is 0.753. The lowest BCUT2D eigenvalue weighted by Crippen LogP contribution is -2.25. The van der Waals surface area contributed by atoms with Gasteiger partial charge in [0.2, 0.25) is 11.7 Å². The number of hydrogen-bond acceptors (Lipinski definition) is 6. The van der Waals surface area contributed by atoms with E-state index in [9.17, 15) is 4.79 Å². The van der Waals surface area contributed by atoms with Crippen LogP contribution in [0.1, 0.15) is 26.3 Å². The second-order valence-electron chi connectivity index (χ2n) is 6.31. The summed E-state index contributed by atoms with van der Waals surface area (Å²) < 4.78 is 5.69. The summed E-state index contributed by atoms with van der Waals surface area (Å²) in [4.78, 5) is 11.9. The second-order valence-corrected chi connectivity index (χ2v) is 7.12. The zero-order chi connectivity index (χ0) is 18.2. The van der Waals surface area contributed by atoms with Crippen LogP contribution in [0.4, 0.5) is 0 Å². The Morgan fingerprint density at radius 2 is 1.76 bits per heavy atom. The van der Waals surface area contributed by atoms with E-state index in [0.29, 0.717) is 17.0 Å². The standard InChI is InChI=1S/C15H14Cl2N6O2/c1-15(2,3)8-6-11(18-21-14(8)24)25-12-9(16)4-7(5-10(12)17)13-19-22-23-20-13/h4-6H,1-3H3,(H,21,24)(H,19,20,22,23). The molecule has 0 aliphatic rings. The number of H-pyrrole nitrogens is 2. The summed E-state index contributed by atoms with van der Waals surface area (Å²) in [5, 5.41) is 20.4. The summed E-state index contributed by atoms with van der Waals surface area (Å²) in [6, 6.07) is 4.77. The molecule has 2 aromatic heterocycles. The van der Waals surface area contributed by atoms with E-state index in [0.717, 1.165) is 0 Å². The van der Waals surface area contributed by atoms with Crippen LogP contribution in [0.15, 0.2) is 23.0 Å². The van der Waals surface area contributed by atoms with Gasteiger partial charge in [0.05, 0.1) is 10.0 Å². The number of tetrazole rings is 1. The maximum Gasteiger partial charge on any atom is 0.268 e. The number of benzene rings is 1. The van der Waals surface area contributed by atoms with Crippen LogP contribution in [-0.2, 0) is 5.41 Å². The molecule has 0 saturated heterocycles. The zero-order valence-electron chi connectivity index (χ0n) is 13.6. The molecule has 0 spiro atoms. The molecular formula is C15H14Cl2N6O2. The third-order valence-corrected chi connectivity index (χ3v) is 3.96. The van der Waals surface area contributed by atoms with Crippen molar-refractivity contribution >= 4 is 23.2 Å². The fourth-order valence-corrected chi connectivity index (χ4v) is 2.74.